The summed E-state index contributed by atoms with van der Waals surface area (Å²) in [6.07, 6.45) is -1.20. The van der Waals surface area contributed by atoms with Gasteiger partial charge in [0.05, 0.1) is 75.0 Å². The van der Waals surface area contributed by atoms with Crippen molar-refractivity contribution in [2.75, 3.05) is 65.9 Å². The third-order valence-electron chi connectivity index (χ3n) is 8.22. The summed E-state index contributed by atoms with van der Waals surface area (Å²) in [5, 5.41) is 18.8. The van der Waals surface area contributed by atoms with Crippen molar-refractivity contribution < 1.29 is 48.0 Å². The molecule has 16 heteroatoms. The average molecular weight is 778 g/mol. The lowest BCUT2D eigenvalue weighted by Crippen LogP contribution is -2.57. The van der Waals surface area contributed by atoms with E-state index in [1.54, 1.807) is 32.1 Å². The first-order valence-electron chi connectivity index (χ1n) is 18.4. The van der Waals surface area contributed by atoms with Gasteiger partial charge in [-0.05, 0) is 44.2 Å². The zero-order chi connectivity index (χ0) is 39.7. The fourth-order valence-corrected chi connectivity index (χ4v) is 6.29. The van der Waals surface area contributed by atoms with Crippen LogP contribution in [0.3, 0.4) is 0 Å². The largest absolute Gasteiger partial charge is 0.444 e. The number of β-amino-alcohol motifs (C(OH)–C–C–N with tert-alkyl or cyclic N) is 1. The molecule has 4 N–H and O–H groups in total. The fraction of sp³-hybridized carbons (Fsp3) is 0.658. The molecule has 54 heavy (non-hydrogen) atoms. The Bertz CT molecular complexity index is 1470. The first kappa shape index (κ1) is 44.7. The molecule has 1 aromatic carbocycles. The molecule has 0 radical (unpaired) electrons. The van der Waals surface area contributed by atoms with Crippen LogP contribution in [0.25, 0.3) is 10.4 Å². The van der Waals surface area contributed by atoms with Crippen molar-refractivity contribution in [1.82, 2.24) is 25.8 Å². The lowest BCUT2D eigenvalue weighted by Gasteiger charge is -2.35. The summed E-state index contributed by atoms with van der Waals surface area (Å²) in [7, 11) is 0. The second-order valence-electron chi connectivity index (χ2n) is 15.1. The van der Waals surface area contributed by atoms with Crippen LogP contribution in [0, 0.1) is 12.3 Å². The first-order chi connectivity index (χ1) is 25.5. The maximum Gasteiger partial charge on any atom is 0.407 e. The Hall–Kier alpha value is -3.67. The van der Waals surface area contributed by atoms with Gasteiger partial charge in [-0.15, -0.1) is 11.3 Å². The summed E-state index contributed by atoms with van der Waals surface area (Å²) in [6, 6.07) is 6.08. The van der Waals surface area contributed by atoms with Crippen LogP contribution in [0.2, 0.25) is 0 Å². The number of thiazole rings is 1. The van der Waals surface area contributed by atoms with Crippen molar-refractivity contribution in [3.63, 3.8) is 0 Å². The number of alkyl carbamates (subject to hydrolysis) is 1. The molecule has 1 aliphatic heterocycles. The van der Waals surface area contributed by atoms with Crippen LogP contribution >= 0.6 is 11.3 Å². The van der Waals surface area contributed by atoms with Crippen LogP contribution in [0.1, 0.15) is 65.6 Å². The minimum atomic E-state index is -0.920. The highest BCUT2D eigenvalue weighted by Crippen LogP contribution is 2.28. The molecule has 0 bridgehead atoms. The molecule has 1 unspecified atom stereocenters. The molecule has 0 aliphatic carbocycles. The number of carbonyl (C=O) groups is 4. The van der Waals surface area contributed by atoms with E-state index in [0.29, 0.717) is 46.2 Å². The number of aliphatic hydroxyl groups is 1. The molecule has 0 saturated carbocycles. The molecule has 302 valence electrons. The lowest BCUT2D eigenvalue weighted by molar-refractivity contribution is -0.144. The molecular weight excluding hydrogens is 719 g/mol. The van der Waals surface area contributed by atoms with E-state index in [1.807, 2.05) is 57.5 Å². The Morgan fingerprint density at radius 2 is 1.48 bits per heavy atom. The normalized spacial score (nSPS) is 16.6. The molecule has 0 spiro atoms. The molecule has 1 aromatic heterocycles. The Balaban J connectivity index is 1.30. The summed E-state index contributed by atoms with van der Waals surface area (Å²) >= 11 is 1.57. The molecule has 1 saturated heterocycles. The third kappa shape index (κ3) is 16.0. The molecule has 4 amide bonds. The van der Waals surface area contributed by atoms with Crippen LogP contribution in [-0.4, -0.2) is 129 Å². The van der Waals surface area contributed by atoms with E-state index in [4.69, 9.17) is 23.7 Å². The average Bonchev–Trinajstić information content (AvgIpc) is 3.71. The lowest BCUT2D eigenvalue weighted by atomic mass is 9.85. The van der Waals surface area contributed by atoms with E-state index in [9.17, 15) is 24.3 Å². The van der Waals surface area contributed by atoms with E-state index in [0.717, 1.165) is 21.7 Å². The Kier molecular flexibility index (Phi) is 18.2. The predicted molar refractivity (Wildman–Crippen MR) is 204 cm³/mol. The maximum atomic E-state index is 13.8. The number of ether oxygens (including phenoxy) is 5. The monoisotopic (exact) mass is 777 g/mol. The number of aliphatic hydroxyl groups excluding tert-OH is 1. The Labute approximate surface area is 322 Å². The number of nitrogens with one attached hydrogen (secondary N) is 3. The summed E-state index contributed by atoms with van der Waals surface area (Å²) in [5.74, 6) is -1.15. The number of nitrogens with zero attached hydrogens (tertiary/aromatic N) is 2. The van der Waals surface area contributed by atoms with Crippen molar-refractivity contribution in [3.05, 3.63) is 41.0 Å². The summed E-state index contributed by atoms with van der Waals surface area (Å²) < 4.78 is 27.0. The number of carbonyl (C=O) groups excluding carboxylic acids is 4. The molecule has 3 atom stereocenters. The zero-order valence-electron chi connectivity index (χ0n) is 32.7. The van der Waals surface area contributed by atoms with Gasteiger partial charge in [0, 0.05) is 32.5 Å². The highest BCUT2D eigenvalue weighted by atomic mass is 32.1. The molecule has 2 aromatic rings. The van der Waals surface area contributed by atoms with Crippen LogP contribution in [0.5, 0.6) is 0 Å². The number of likely N-dealkylation sites (tertiary alicyclic amines) is 1. The topological polar surface area (TPSA) is 187 Å². The summed E-state index contributed by atoms with van der Waals surface area (Å²) in [6.45, 7) is 16.1. The number of amides is 4. The molecule has 15 nitrogen and oxygen atoms in total. The molecular formula is C38H59N5O10S. The van der Waals surface area contributed by atoms with Gasteiger partial charge in [0.25, 0.3) is 0 Å². The van der Waals surface area contributed by atoms with Crippen molar-refractivity contribution >= 4 is 35.2 Å². The number of hydrogen-bond donors (Lipinski definition) is 4. The van der Waals surface area contributed by atoms with E-state index >= 15 is 0 Å². The second kappa shape index (κ2) is 22.0. The Morgan fingerprint density at radius 3 is 2.04 bits per heavy atom. The van der Waals surface area contributed by atoms with Crippen LogP contribution in [0.15, 0.2) is 29.8 Å². The first-order valence-corrected chi connectivity index (χ1v) is 19.3. The van der Waals surface area contributed by atoms with E-state index in [-0.39, 0.29) is 51.0 Å². The van der Waals surface area contributed by atoms with Gasteiger partial charge in [0.1, 0.15) is 17.7 Å². The number of hydrogen-bond acceptors (Lipinski definition) is 12. The summed E-state index contributed by atoms with van der Waals surface area (Å²) in [4.78, 5) is 58.4. The van der Waals surface area contributed by atoms with Crippen molar-refractivity contribution in [2.24, 2.45) is 5.41 Å². The minimum Gasteiger partial charge on any atom is -0.444 e. The predicted octanol–water partition coefficient (Wildman–Crippen LogP) is 3.21. The van der Waals surface area contributed by atoms with Crippen LogP contribution in [-0.2, 0) is 44.6 Å². The van der Waals surface area contributed by atoms with E-state index < -0.39 is 41.2 Å². The highest BCUT2D eigenvalue weighted by Gasteiger charge is 2.44. The molecule has 1 fully saturated rings. The molecule has 1 aliphatic rings. The molecule has 3 rings (SSSR count). The SMILES string of the molecule is Cc1ncsc1-c1ccc(CNC(=O)C2C[C@H](O)CN2C(=O)[C@H](NC(=O)CCOCCOCCOCCOCCNC(=O)OC(C)(C)C)C(C)(C)C)cc1. The fourth-order valence-electron chi connectivity index (χ4n) is 5.48. The number of aryl methyl sites for hydroxylation is 1. The van der Waals surface area contributed by atoms with Crippen molar-refractivity contribution in [1.29, 1.82) is 0 Å². The van der Waals surface area contributed by atoms with Crippen molar-refractivity contribution in [3.8, 4) is 10.4 Å². The summed E-state index contributed by atoms with van der Waals surface area (Å²) in [5.41, 5.74) is 3.52. The number of aromatic nitrogens is 1. The number of benzene rings is 1. The number of rotatable bonds is 21. The van der Waals surface area contributed by atoms with Gasteiger partial charge in [-0.3, -0.25) is 14.4 Å². The van der Waals surface area contributed by atoms with E-state index in [1.165, 1.54) is 4.90 Å². The third-order valence-corrected chi connectivity index (χ3v) is 9.19. The maximum absolute atomic E-state index is 13.8. The smallest absolute Gasteiger partial charge is 0.407 e. The van der Waals surface area contributed by atoms with Gasteiger partial charge >= 0.3 is 6.09 Å². The van der Waals surface area contributed by atoms with E-state index in [2.05, 4.69) is 20.9 Å². The quantitative estimate of drug-likeness (QED) is 0.137. The van der Waals surface area contributed by atoms with Gasteiger partial charge in [0.2, 0.25) is 17.7 Å². The minimum absolute atomic E-state index is 0.000703. The highest BCUT2D eigenvalue weighted by molar-refractivity contribution is 7.13. The van der Waals surface area contributed by atoms with Gasteiger partial charge < -0.3 is 49.6 Å². The van der Waals surface area contributed by atoms with Gasteiger partial charge in [0.15, 0.2) is 0 Å². The van der Waals surface area contributed by atoms with Gasteiger partial charge in [-0.25, -0.2) is 9.78 Å². The van der Waals surface area contributed by atoms with Gasteiger partial charge in [-0.2, -0.15) is 0 Å². The van der Waals surface area contributed by atoms with Crippen LogP contribution in [0.4, 0.5) is 4.79 Å². The molecule has 2 heterocycles. The Morgan fingerprint density at radius 1 is 0.889 bits per heavy atom. The van der Waals surface area contributed by atoms with Gasteiger partial charge in [-0.1, -0.05) is 45.0 Å². The van der Waals surface area contributed by atoms with Crippen LogP contribution < -0.4 is 16.0 Å². The second-order valence-corrected chi connectivity index (χ2v) is 15.9. The van der Waals surface area contributed by atoms with Crippen molar-refractivity contribution in [2.45, 2.75) is 91.6 Å². The zero-order valence-corrected chi connectivity index (χ0v) is 33.6. The standard InChI is InChI=1S/C38H59N5O10S/c1-26-32(54-25-41-26)28-10-8-27(9-11-28)23-40-34(46)30-22-29(44)24-43(30)35(47)33(37(2,3)4)42-31(45)12-14-49-16-18-51-20-21-52-19-17-50-15-13-39-36(48)53-38(5,6)7/h8-11,25,29-30,33,44H,12-24H2,1-7H3,(H,39,48)(H,40,46)(H,42,45)/t29-,30?,33-/m0/s1.